The van der Waals surface area contributed by atoms with Crippen molar-refractivity contribution in [3.63, 3.8) is 0 Å². The van der Waals surface area contributed by atoms with Gasteiger partial charge in [0.05, 0.1) is 17.2 Å². The Morgan fingerprint density at radius 3 is 2.82 bits per heavy atom. The Bertz CT molecular complexity index is 769. The highest BCUT2D eigenvalue weighted by atomic mass is 32.3. The van der Waals surface area contributed by atoms with Crippen LogP contribution in [0.4, 0.5) is 0 Å². The summed E-state index contributed by atoms with van der Waals surface area (Å²) in [4.78, 5) is 16.3. The van der Waals surface area contributed by atoms with Crippen LogP contribution in [0.1, 0.15) is 51.1 Å². The average Bonchev–Trinajstić information content (AvgIpc) is 3.06. The topological polar surface area (TPSA) is 151 Å². The van der Waals surface area contributed by atoms with Crippen molar-refractivity contribution >= 4 is 38.4 Å². The summed E-state index contributed by atoms with van der Waals surface area (Å²) in [5.74, 6) is -0.450. The van der Waals surface area contributed by atoms with E-state index in [0.29, 0.717) is 35.6 Å². The molecular weight excluding hydrogens is 430 g/mol. The van der Waals surface area contributed by atoms with E-state index in [1.807, 2.05) is 6.92 Å². The van der Waals surface area contributed by atoms with Crippen LogP contribution in [0.3, 0.4) is 0 Å². The molecule has 1 aromatic rings. The van der Waals surface area contributed by atoms with Gasteiger partial charge in [0.2, 0.25) is 4.21 Å². The van der Waals surface area contributed by atoms with Crippen LogP contribution in [0.25, 0.3) is 0 Å². The summed E-state index contributed by atoms with van der Waals surface area (Å²) < 4.78 is 40.6. The van der Waals surface area contributed by atoms with Crippen LogP contribution >= 0.6 is 11.3 Å². The highest BCUT2D eigenvalue weighted by molar-refractivity contribution is 7.95. The molecule has 0 bridgehead atoms. The van der Waals surface area contributed by atoms with Gasteiger partial charge >= 0.3 is 0 Å². The third-order valence-corrected chi connectivity index (χ3v) is 9.57. The third kappa shape index (κ3) is 5.87. The Labute approximate surface area is 171 Å². The van der Waals surface area contributed by atoms with E-state index in [2.05, 4.69) is 14.9 Å². The molecule has 2 rings (SSSR count). The molecule has 1 amide bonds. The number of unbranched alkanes of at least 4 members (excludes halogenated alkanes) is 1. The first-order chi connectivity index (χ1) is 13.2. The maximum Gasteiger partial charge on any atom is 0.261 e. The third-order valence-electron chi connectivity index (χ3n) is 4.28. The van der Waals surface area contributed by atoms with Crippen LogP contribution in [0, 0.1) is 0 Å². The van der Waals surface area contributed by atoms with Crippen LogP contribution in [0.15, 0.2) is 14.5 Å². The lowest BCUT2D eigenvalue weighted by Crippen LogP contribution is -2.33. The largest absolute Gasteiger partial charge is 0.587 e. The smallest absolute Gasteiger partial charge is 0.261 e. The zero-order valence-electron chi connectivity index (χ0n) is 15.6. The lowest BCUT2D eigenvalue weighted by atomic mass is 10.1. The maximum absolute atomic E-state index is 12.6. The van der Waals surface area contributed by atoms with Crippen LogP contribution in [-0.4, -0.2) is 53.1 Å². The Hall–Kier alpha value is -0.770. The first-order valence-electron chi connectivity index (χ1n) is 8.79. The van der Waals surface area contributed by atoms with Gasteiger partial charge in [0, 0.05) is 24.1 Å². The summed E-state index contributed by atoms with van der Waals surface area (Å²) in [6, 6.07) is 1.46. The van der Waals surface area contributed by atoms with Crippen LogP contribution in [-0.2, 0) is 30.8 Å². The Morgan fingerprint density at radius 1 is 1.46 bits per heavy atom. The number of amides is 1. The molecule has 13 heteroatoms. The zero-order chi connectivity index (χ0) is 20.9. The van der Waals surface area contributed by atoms with Crippen LogP contribution in [0.5, 0.6) is 0 Å². The number of carbonyl (C=O) groups is 1. The fourth-order valence-electron chi connectivity index (χ4n) is 2.87. The van der Waals surface area contributed by atoms with Crippen LogP contribution < -0.4 is 10.0 Å². The first kappa shape index (κ1) is 23.5. The molecule has 4 N–H and O–H groups in total. The fraction of sp³-hybridized carbons (Fsp3) is 0.667. The number of nitrogens with zero attached hydrogens (tertiary/aromatic N) is 1. The second-order valence-electron chi connectivity index (χ2n) is 6.35. The minimum atomic E-state index is -3.47. The van der Waals surface area contributed by atoms with Gasteiger partial charge in [0.25, 0.3) is 5.91 Å². The number of thiophene rings is 1. The van der Waals surface area contributed by atoms with E-state index in [9.17, 15) is 17.8 Å². The molecule has 0 saturated heterocycles. The summed E-state index contributed by atoms with van der Waals surface area (Å²) in [6.45, 7) is 4.29. The highest BCUT2D eigenvalue weighted by Gasteiger charge is 2.40. The summed E-state index contributed by atoms with van der Waals surface area (Å²) in [7, 11) is -3.47. The second-order valence-corrected chi connectivity index (χ2v) is 11.4. The highest BCUT2D eigenvalue weighted by Crippen LogP contribution is 2.42. The average molecular weight is 456 g/mol. The number of carbonyl (C=O) groups excluding carboxylic acids is 1. The fourth-order valence-corrected chi connectivity index (χ4v) is 7.60. The van der Waals surface area contributed by atoms with Gasteiger partial charge in [-0.05, 0) is 32.7 Å². The lowest BCUT2D eigenvalue weighted by molar-refractivity contribution is -0.492. The Morgan fingerprint density at radius 2 is 2.18 bits per heavy atom. The molecule has 2 heterocycles. The van der Waals surface area contributed by atoms with E-state index in [-0.39, 0.29) is 23.3 Å². The summed E-state index contributed by atoms with van der Waals surface area (Å²) >= 11 is -0.912. The van der Waals surface area contributed by atoms with E-state index in [1.165, 1.54) is 0 Å². The number of hydrogen-bond acceptors (Lipinski definition) is 10. The van der Waals surface area contributed by atoms with Crippen molar-refractivity contribution in [3.8, 4) is 0 Å². The van der Waals surface area contributed by atoms with E-state index in [1.54, 1.807) is 13.0 Å². The number of rotatable bonds is 10. The number of nitrogens with one attached hydrogen (secondary N) is 2. The standard InChI is InChI=1S/C15H25N3O7S3/c1-3-16-12-8-10(2)28(23,24)15-11(12)9-14(26-15)27(22)17-13(19)6-4-5-7-25-18(20)21/h9-10,12,16,20-21H,3-8H2,1-2H3,(H,17,19)/t10?,12-,27?/m0/s1. The number of hydrogen-bond donors (Lipinski definition) is 4. The van der Waals surface area contributed by atoms with Crippen molar-refractivity contribution in [1.29, 1.82) is 0 Å². The number of sulfone groups is 1. The van der Waals surface area contributed by atoms with Gasteiger partial charge in [0.1, 0.15) is 15.6 Å². The van der Waals surface area contributed by atoms with E-state index in [4.69, 9.17) is 10.4 Å². The molecule has 0 radical (unpaired) electrons. The van der Waals surface area contributed by atoms with Crippen LogP contribution in [0.2, 0.25) is 0 Å². The molecule has 2 unspecified atom stereocenters. The van der Waals surface area contributed by atoms with Crippen molar-refractivity contribution in [2.24, 2.45) is 0 Å². The molecule has 160 valence electrons. The Kier molecular flexibility index (Phi) is 8.66. The van der Waals surface area contributed by atoms with Gasteiger partial charge in [-0.15, -0.1) is 0 Å². The van der Waals surface area contributed by atoms with Crippen molar-refractivity contribution in [3.05, 3.63) is 11.6 Å². The van der Waals surface area contributed by atoms with Gasteiger partial charge in [-0.25, -0.2) is 8.42 Å². The monoisotopic (exact) mass is 455 g/mol. The van der Waals surface area contributed by atoms with E-state index in [0.717, 1.165) is 11.3 Å². The van der Waals surface area contributed by atoms with Gasteiger partial charge in [-0.2, -0.15) is 4.72 Å². The molecule has 1 aliphatic rings. The molecule has 3 atom stereocenters. The first-order valence-corrected chi connectivity index (χ1v) is 12.3. The molecule has 1 aliphatic heterocycles. The number of fused-ring (bicyclic) bond motifs is 1. The molecule has 0 aliphatic carbocycles. The molecule has 0 saturated carbocycles. The molecule has 28 heavy (non-hydrogen) atoms. The molecular formula is C15H25N3O7S3. The van der Waals surface area contributed by atoms with E-state index >= 15 is 0 Å². The molecule has 0 spiro atoms. The summed E-state index contributed by atoms with van der Waals surface area (Å²) in [6.07, 6.45) is 1.31. The Balaban J connectivity index is 2.00. The summed E-state index contributed by atoms with van der Waals surface area (Å²) in [5.41, 5.74) is 0.609. The van der Waals surface area contributed by atoms with Gasteiger partial charge in [-0.3, -0.25) is 20.0 Å². The van der Waals surface area contributed by atoms with Crippen molar-refractivity contribution < 1.29 is 33.0 Å². The predicted molar refractivity (Wildman–Crippen MR) is 102 cm³/mol. The van der Waals surface area contributed by atoms with Gasteiger partial charge in [0.15, 0.2) is 9.84 Å². The van der Waals surface area contributed by atoms with Crippen molar-refractivity contribution in [2.45, 2.75) is 59.2 Å². The maximum atomic E-state index is 12.6. The molecule has 0 aromatic carbocycles. The lowest BCUT2D eigenvalue weighted by Gasteiger charge is -2.27. The van der Waals surface area contributed by atoms with Crippen molar-refractivity contribution in [1.82, 2.24) is 15.4 Å². The van der Waals surface area contributed by atoms with Gasteiger partial charge < -0.3 is 9.87 Å². The zero-order valence-corrected chi connectivity index (χ0v) is 18.0. The molecule has 1 aromatic heterocycles. The van der Waals surface area contributed by atoms with Gasteiger partial charge in [-0.1, -0.05) is 18.3 Å². The van der Waals surface area contributed by atoms with Crippen molar-refractivity contribution in [2.75, 3.05) is 13.2 Å². The SMILES string of the molecule is CCN[C@H]1CC(C)S(=O)(=O)c2sc([S+]([O-])NC(=O)CCCCON(O)O)cc21. The second kappa shape index (κ2) is 10.3. The minimum absolute atomic E-state index is 0.0167. The normalized spacial score (nSPS) is 22.1. The molecule has 10 nitrogen and oxygen atoms in total. The quantitative estimate of drug-likeness (QED) is 0.232. The van der Waals surface area contributed by atoms with E-state index < -0.39 is 37.7 Å². The molecule has 0 fully saturated rings. The predicted octanol–water partition coefficient (Wildman–Crippen LogP) is 1.29. The summed E-state index contributed by atoms with van der Waals surface area (Å²) in [5, 5.41) is 19.1. The minimum Gasteiger partial charge on any atom is -0.587 e.